The van der Waals surface area contributed by atoms with Crippen LogP contribution in [-0.2, 0) is 11.0 Å². The molecule has 1 unspecified atom stereocenters. The number of amides is 1. The zero-order valence-electron chi connectivity index (χ0n) is 10.1. The molecule has 19 heavy (non-hydrogen) atoms. The summed E-state index contributed by atoms with van der Waals surface area (Å²) in [5, 5.41) is 12.5. The highest BCUT2D eigenvalue weighted by Gasteiger charge is 2.30. The maximum Gasteiger partial charge on any atom is 0.416 e. The first-order valence-corrected chi connectivity index (χ1v) is 5.65. The number of carbonyl (C=O) groups excluding carboxylic acids is 1. The second-order valence-corrected chi connectivity index (χ2v) is 4.06. The van der Waals surface area contributed by atoms with Crippen LogP contribution in [-0.4, -0.2) is 24.1 Å². The average molecular weight is 276 g/mol. The first-order chi connectivity index (χ1) is 8.80. The van der Waals surface area contributed by atoms with Crippen LogP contribution in [0.2, 0.25) is 0 Å². The smallest absolute Gasteiger partial charge is 0.387 e. The van der Waals surface area contributed by atoms with Crippen LogP contribution in [0, 0.1) is 0 Å². The van der Waals surface area contributed by atoms with Gasteiger partial charge in [-0.05, 0) is 17.7 Å². The van der Waals surface area contributed by atoms with Crippen LogP contribution in [0.4, 0.5) is 13.2 Å². The molecule has 4 N–H and O–H groups in total. The molecule has 0 heterocycles. The summed E-state index contributed by atoms with van der Waals surface area (Å²) in [6, 6.07) is 4.50. The summed E-state index contributed by atoms with van der Waals surface area (Å²) >= 11 is 0. The van der Waals surface area contributed by atoms with Crippen molar-refractivity contribution in [2.45, 2.75) is 18.7 Å². The molecule has 1 amide bonds. The summed E-state index contributed by atoms with van der Waals surface area (Å²) in [4.78, 5) is 10.5. The first kappa shape index (κ1) is 15.5. The number of rotatable bonds is 6. The Bertz CT molecular complexity index is 435. The van der Waals surface area contributed by atoms with E-state index in [-0.39, 0.29) is 25.1 Å². The molecule has 0 aliphatic carbocycles. The molecule has 7 heteroatoms. The normalized spacial score (nSPS) is 13.3. The van der Waals surface area contributed by atoms with E-state index in [1.807, 2.05) is 0 Å². The minimum Gasteiger partial charge on any atom is -0.387 e. The van der Waals surface area contributed by atoms with E-state index in [0.29, 0.717) is 0 Å². The van der Waals surface area contributed by atoms with Gasteiger partial charge in [0.05, 0.1) is 11.7 Å². The van der Waals surface area contributed by atoms with Crippen molar-refractivity contribution in [1.82, 2.24) is 5.32 Å². The summed E-state index contributed by atoms with van der Waals surface area (Å²) in [7, 11) is 0. The molecule has 0 radical (unpaired) electrons. The third-order valence-corrected chi connectivity index (χ3v) is 2.48. The molecule has 0 fully saturated rings. The lowest BCUT2D eigenvalue weighted by atomic mass is 10.1. The zero-order valence-corrected chi connectivity index (χ0v) is 10.1. The van der Waals surface area contributed by atoms with Crippen LogP contribution in [0.5, 0.6) is 0 Å². The van der Waals surface area contributed by atoms with E-state index in [2.05, 4.69) is 5.32 Å². The number of nitrogens with one attached hydrogen (secondary N) is 1. The van der Waals surface area contributed by atoms with Crippen molar-refractivity contribution >= 4 is 5.91 Å². The Labute approximate surface area is 108 Å². The second-order valence-electron chi connectivity index (χ2n) is 4.06. The monoisotopic (exact) mass is 276 g/mol. The number of hydrogen-bond donors (Lipinski definition) is 3. The molecule has 1 rings (SSSR count). The topological polar surface area (TPSA) is 75.4 Å². The fourth-order valence-corrected chi connectivity index (χ4v) is 1.49. The molecule has 0 aliphatic rings. The van der Waals surface area contributed by atoms with Crippen molar-refractivity contribution in [2.75, 3.05) is 13.1 Å². The van der Waals surface area contributed by atoms with Gasteiger partial charge in [-0.15, -0.1) is 0 Å². The summed E-state index contributed by atoms with van der Waals surface area (Å²) in [5.74, 6) is -0.485. The quantitative estimate of drug-likeness (QED) is 0.683. The number of carbonyl (C=O) groups is 1. The lowest BCUT2D eigenvalue weighted by Crippen LogP contribution is -2.26. The molecule has 1 aromatic carbocycles. The number of primary amides is 1. The standard InChI is InChI=1S/C12H15F3N2O2/c13-12(14,15)9-3-1-2-8(6-9)10(18)7-17-5-4-11(16)19/h1-3,6,10,17-18H,4-5,7H2,(H2,16,19). The highest BCUT2D eigenvalue weighted by Crippen LogP contribution is 2.30. The molecule has 1 aromatic rings. The SMILES string of the molecule is NC(=O)CCNCC(O)c1cccc(C(F)(F)F)c1. The fraction of sp³-hybridized carbons (Fsp3) is 0.417. The van der Waals surface area contributed by atoms with Gasteiger partial charge in [0.1, 0.15) is 0 Å². The van der Waals surface area contributed by atoms with Gasteiger partial charge < -0.3 is 16.2 Å². The molecule has 0 saturated heterocycles. The maximum absolute atomic E-state index is 12.5. The van der Waals surface area contributed by atoms with Crippen LogP contribution in [0.25, 0.3) is 0 Å². The molecular formula is C12H15F3N2O2. The minimum absolute atomic E-state index is 0.0502. The summed E-state index contributed by atoms with van der Waals surface area (Å²) < 4.78 is 37.4. The Morgan fingerprint density at radius 1 is 1.42 bits per heavy atom. The predicted octanol–water partition coefficient (Wildman–Crippen LogP) is 1.20. The molecule has 0 aromatic heterocycles. The predicted molar refractivity (Wildman–Crippen MR) is 63.1 cm³/mol. The van der Waals surface area contributed by atoms with Gasteiger partial charge in [0.15, 0.2) is 0 Å². The Kier molecular flexibility index (Phi) is 5.31. The van der Waals surface area contributed by atoms with Gasteiger partial charge in [0, 0.05) is 19.5 Å². The Morgan fingerprint density at radius 2 is 2.11 bits per heavy atom. The number of alkyl halides is 3. The van der Waals surface area contributed by atoms with Gasteiger partial charge >= 0.3 is 6.18 Å². The van der Waals surface area contributed by atoms with E-state index in [4.69, 9.17) is 5.73 Å². The van der Waals surface area contributed by atoms with Gasteiger partial charge in [0.25, 0.3) is 0 Å². The van der Waals surface area contributed by atoms with Crippen molar-refractivity contribution in [2.24, 2.45) is 5.73 Å². The molecule has 0 bridgehead atoms. The van der Waals surface area contributed by atoms with Crippen LogP contribution in [0.1, 0.15) is 23.7 Å². The van der Waals surface area contributed by atoms with Crippen molar-refractivity contribution in [1.29, 1.82) is 0 Å². The maximum atomic E-state index is 12.5. The third kappa shape index (κ3) is 5.27. The van der Waals surface area contributed by atoms with Crippen LogP contribution in [0.3, 0.4) is 0 Å². The van der Waals surface area contributed by atoms with Crippen LogP contribution < -0.4 is 11.1 Å². The molecule has 0 aliphatic heterocycles. The van der Waals surface area contributed by atoms with Crippen LogP contribution >= 0.6 is 0 Å². The molecule has 106 valence electrons. The summed E-state index contributed by atoms with van der Waals surface area (Å²) in [5.41, 5.74) is 4.29. The zero-order chi connectivity index (χ0) is 14.5. The molecular weight excluding hydrogens is 261 g/mol. The third-order valence-electron chi connectivity index (χ3n) is 2.48. The minimum atomic E-state index is -4.44. The van der Waals surface area contributed by atoms with E-state index >= 15 is 0 Å². The molecule has 4 nitrogen and oxygen atoms in total. The Hall–Kier alpha value is -1.60. The van der Waals surface area contributed by atoms with E-state index in [1.165, 1.54) is 12.1 Å². The van der Waals surface area contributed by atoms with E-state index in [1.54, 1.807) is 0 Å². The molecule has 1 atom stereocenters. The van der Waals surface area contributed by atoms with Crippen molar-refractivity contribution in [3.63, 3.8) is 0 Å². The second kappa shape index (κ2) is 6.53. The Morgan fingerprint density at radius 3 is 2.68 bits per heavy atom. The van der Waals surface area contributed by atoms with Crippen molar-refractivity contribution in [3.8, 4) is 0 Å². The van der Waals surface area contributed by atoms with Crippen molar-refractivity contribution < 1.29 is 23.1 Å². The average Bonchev–Trinajstić information content (AvgIpc) is 2.33. The highest BCUT2D eigenvalue weighted by atomic mass is 19.4. The van der Waals surface area contributed by atoms with Crippen molar-refractivity contribution in [3.05, 3.63) is 35.4 Å². The Balaban J connectivity index is 2.57. The van der Waals surface area contributed by atoms with Gasteiger partial charge in [-0.3, -0.25) is 4.79 Å². The first-order valence-electron chi connectivity index (χ1n) is 5.65. The van der Waals surface area contributed by atoms with Crippen LogP contribution in [0.15, 0.2) is 24.3 Å². The molecule has 0 saturated carbocycles. The molecule has 0 spiro atoms. The lowest BCUT2D eigenvalue weighted by molar-refractivity contribution is -0.137. The van der Waals surface area contributed by atoms with Gasteiger partial charge in [0.2, 0.25) is 5.91 Å². The lowest BCUT2D eigenvalue weighted by Gasteiger charge is -2.14. The van der Waals surface area contributed by atoms with Gasteiger partial charge in [-0.25, -0.2) is 0 Å². The number of halogens is 3. The number of benzene rings is 1. The number of nitrogens with two attached hydrogens (primary N) is 1. The van der Waals surface area contributed by atoms with E-state index < -0.39 is 23.8 Å². The summed E-state index contributed by atoms with van der Waals surface area (Å²) in [6.07, 6.45) is -5.40. The number of aliphatic hydroxyl groups is 1. The number of hydrogen-bond acceptors (Lipinski definition) is 3. The van der Waals surface area contributed by atoms with Gasteiger partial charge in [-0.2, -0.15) is 13.2 Å². The fourth-order valence-electron chi connectivity index (χ4n) is 1.49. The summed E-state index contributed by atoms with van der Waals surface area (Å²) in [6.45, 7) is 0.319. The largest absolute Gasteiger partial charge is 0.416 e. The highest BCUT2D eigenvalue weighted by molar-refractivity contribution is 5.73. The van der Waals surface area contributed by atoms with E-state index in [0.717, 1.165) is 12.1 Å². The van der Waals surface area contributed by atoms with E-state index in [9.17, 15) is 23.1 Å². The number of aliphatic hydroxyl groups excluding tert-OH is 1. The van der Waals surface area contributed by atoms with Gasteiger partial charge in [-0.1, -0.05) is 12.1 Å².